The maximum Gasteiger partial charge on any atom is 0.181 e. The van der Waals surface area contributed by atoms with Crippen LogP contribution >= 0.6 is 12.2 Å². The summed E-state index contributed by atoms with van der Waals surface area (Å²) in [6, 6.07) is 20.3. The van der Waals surface area contributed by atoms with E-state index < -0.39 is 0 Å². The first kappa shape index (κ1) is 16.4. The van der Waals surface area contributed by atoms with Crippen LogP contribution in [0, 0.1) is 0 Å². The molecule has 0 saturated carbocycles. The molecule has 1 aromatic heterocycles. The molecular formula is C19H20N4S. The summed E-state index contributed by atoms with van der Waals surface area (Å²) < 4.78 is 0. The molecular weight excluding hydrogens is 316 g/mol. The first-order valence-electron chi connectivity index (χ1n) is 7.85. The van der Waals surface area contributed by atoms with Gasteiger partial charge in [-0.15, -0.1) is 0 Å². The third kappa shape index (κ3) is 3.88. The van der Waals surface area contributed by atoms with Gasteiger partial charge in [0.2, 0.25) is 0 Å². The Labute approximate surface area is 147 Å². The molecule has 0 fully saturated rings. The molecule has 0 amide bonds. The summed E-state index contributed by atoms with van der Waals surface area (Å²) in [7, 11) is 0. The highest BCUT2D eigenvalue weighted by atomic mass is 32.1. The average molecular weight is 336 g/mol. The number of nitrogens with one attached hydrogen (secondary N) is 1. The Kier molecular flexibility index (Phi) is 5.03. The first-order chi connectivity index (χ1) is 11.6. The van der Waals surface area contributed by atoms with Crippen LogP contribution in [0.2, 0.25) is 0 Å². The molecule has 0 aliphatic heterocycles. The number of hydrogen-bond acceptors (Lipinski definition) is 3. The summed E-state index contributed by atoms with van der Waals surface area (Å²) in [4.78, 5) is 4.55. The summed E-state index contributed by atoms with van der Waals surface area (Å²) in [6.07, 6.45) is 1.89. The van der Waals surface area contributed by atoms with Gasteiger partial charge in [-0.25, -0.2) is 5.43 Å². The van der Waals surface area contributed by atoms with Gasteiger partial charge in [-0.05, 0) is 36.2 Å². The molecule has 1 unspecified atom stereocenters. The Balaban J connectivity index is 1.76. The molecule has 1 heterocycles. The van der Waals surface area contributed by atoms with Gasteiger partial charge >= 0.3 is 0 Å². The van der Waals surface area contributed by atoms with E-state index in [0.717, 1.165) is 16.6 Å². The number of benzene rings is 2. The van der Waals surface area contributed by atoms with Crippen molar-refractivity contribution >= 4 is 28.1 Å². The van der Waals surface area contributed by atoms with Gasteiger partial charge in [0.25, 0.3) is 0 Å². The Bertz CT molecular complexity index is 835. The molecule has 1 atom stereocenters. The summed E-state index contributed by atoms with van der Waals surface area (Å²) in [6.45, 7) is 2.65. The second-order valence-corrected chi connectivity index (χ2v) is 6.14. The Morgan fingerprint density at radius 3 is 2.50 bits per heavy atom. The highest BCUT2D eigenvalue weighted by Gasteiger charge is 2.14. The minimum Gasteiger partial charge on any atom is -0.375 e. The van der Waals surface area contributed by atoms with E-state index in [-0.39, 0.29) is 6.04 Å². The van der Waals surface area contributed by atoms with E-state index in [2.05, 4.69) is 28.6 Å². The van der Waals surface area contributed by atoms with Crippen molar-refractivity contribution in [2.24, 2.45) is 5.73 Å². The van der Waals surface area contributed by atoms with Crippen molar-refractivity contribution in [3.63, 3.8) is 0 Å². The standard InChI is InChI=1S/C19H20N4S/c1-14(18-11-16-9-5-6-10-17(16)12-21-18)22-23(19(20)24)13-15-7-3-2-4-8-15/h2-12,14,22H,13H2,1H3,(H2,20,24). The second-order valence-electron chi connectivity index (χ2n) is 5.72. The van der Waals surface area contributed by atoms with E-state index in [1.54, 1.807) is 5.01 Å². The molecule has 5 heteroatoms. The number of rotatable bonds is 5. The van der Waals surface area contributed by atoms with Gasteiger partial charge in [0.05, 0.1) is 18.3 Å². The molecule has 2 aromatic carbocycles. The molecule has 3 aromatic rings. The maximum absolute atomic E-state index is 5.88. The van der Waals surface area contributed by atoms with E-state index in [4.69, 9.17) is 18.0 Å². The smallest absolute Gasteiger partial charge is 0.181 e. The van der Waals surface area contributed by atoms with Crippen LogP contribution in [0.4, 0.5) is 0 Å². The lowest BCUT2D eigenvalue weighted by Crippen LogP contribution is -2.46. The molecule has 0 aliphatic carbocycles. The zero-order chi connectivity index (χ0) is 16.9. The maximum atomic E-state index is 5.88. The molecule has 0 radical (unpaired) electrons. The van der Waals surface area contributed by atoms with Crippen molar-refractivity contribution in [2.75, 3.05) is 0 Å². The SMILES string of the molecule is CC(NN(Cc1ccccc1)C(N)=S)c1cc2ccccc2cn1. The highest BCUT2D eigenvalue weighted by Crippen LogP contribution is 2.18. The zero-order valence-corrected chi connectivity index (χ0v) is 14.3. The van der Waals surface area contributed by atoms with E-state index >= 15 is 0 Å². The minimum absolute atomic E-state index is 0.0141. The monoisotopic (exact) mass is 336 g/mol. The molecule has 4 nitrogen and oxygen atoms in total. The largest absolute Gasteiger partial charge is 0.375 e. The van der Waals surface area contributed by atoms with E-state index in [1.807, 2.05) is 55.6 Å². The number of nitrogens with zero attached hydrogens (tertiary/aromatic N) is 2. The van der Waals surface area contributed by atoms with Crippen LogP contribution in [-0.4, -0.2) is 15.1 Å². The van der Waals surface area contributed by atoms with Crippen LogP contribution in [0.5, 0.6) is 0 Å². The van der Waals surface area contributed by atoms with E-state index in [9.17, 15) is 0 Å². The van der Waals surface area contributed by atoms with E-state index in [1.165, 1.54) is 5.39 Å². The predicted molar refractivity (Wildman–Crippen MR) is 102 cm³/mol. The highest BCUT2D eigenvalue weighted by molar-refractivity contribution is 7.80. The summed E-state index contributed by atoms with van der Waals surface area (Å²) >= 11 is 5.18. The Hall–Kier alpha value is -2.50. The zero-order valence-electron chi connectivity index (χ0n) is 13.5. The van der Waals surface area contributed by atoms with Gasteiger partial charge in [-0.1, -0.05) is 54.6 Å². The van der Waals surface area contributed by atoms with Crippen molar-refractivity contribution in [3.05, 3.63) is 78.1 Å². The summed E-state index contributed by atoms with van der Waals surface area (Å²) in [5.74, 6) is 0. The van der Waals surface area contributed by atoms with Crippen molar-refractivity contribution < 1.29 is 0 Å². The third-order valence-electron chi connectivity index (χ3n) is 3.89. The molecule has 122 valence electrons. The molecule has 3 N–H and O–H groups in total. The number of nitrogens with two attached hydrogens (primary N) is 1. The molecule has 0 aliphatic rings. The van der Waals surface area contributed by atoms with Crippen molar-refractivity contribution in [1.29, 1.82) is 0 Å². The second kappa shape index (κ2) is 7.38. The third-order valence-corrected chi connectivity index (χ3v) is 4.12. The van der Waals surface area contributed by atoms with Crippen LogP contribution in [0.3, 0.4) is 0 Å². The first-order valence-corrected chi connectivity index (χ1v) is 8.26. The molecule has 0 spiro atoms. The lowest BCUT2D eigenvalue weighted by atomic mass is 10.1. The van der Waals surface area contributed by atoms with Gasteiger partial charge in [0, 0.05) is 11.6 Å². The summed E-state index contributed by atoms with van der Waals surface area (Å²) in [5.41, 5.74) is 11.3. The number of aromatic nitrogens is 1. The fraction of sp³-hybridized carbons (Fsp3) is 0.158. The molecule has 3 rings (SSSR count). The lowest BCUT2D eigenvalue weighted by molar-refractivity contribution is 0.261. The Morgan fingerprint density at radius 1 is 1.12 bits per heavy atom. The molecule has 0 bridgehead atoms. The normalized spacial score (nSPS) is 12.0. The summed E-state index contributed by atoms with van der Waals surface area (Å²) in [5, 5.41) is 4.39. The number of pyridine rings is 1. The average Bonchev–Trinajstić information content (AvgIpc) is 2.61. The van der Waals surface area contributed by atoms with Crippen LogP contribution in [0.1, 0.15) is 24.2 Å². The molecule has 24 heavy (non-hydrogen) atoms. The van der Waals surface area contributed by atoms with Crippen molar-refractivity contribution in [1.82, 2.24) is 15.4 Å². The minimum atomic E-state index is -0.0141. The van der Waals surface area contributed by atoms with Gasteiger partial charge in [0.15, 0.2) is 5.11 Å². The van der Waals surface area contributed by atoms with Crippen molar-refractivity contribution in [2.45, 2.75) is 19.5 Å². The topological polar surface area (TPSA) is 54.2 Å². The van der Waals surface area contributed by atoms with Gasteiger partial charge in [0.1, 0.15) is 0 Å². The Morgan fingerprint density at radius 2 is 1.79 bits per heavy atom. The number of fused-ring (bicyclic) bond motifs is 1. The van der Waals surface area contributed by atoms with Gasteiger partial charge < -0.3 is 5.73 Å². The fourth-order valence-corrected chi connectivity index (χ4v) is 2.71. The molecule has 0 saturated heterocycles. The van der Waals surface area contributed by atoms with Crippen molar-refractivity contribution in [3.8, 4) is 0 Å². The van der Waals surface area contributed by atoms with Gasteiger partial charge in [-0.3, -0.25) is 9.99 Å². The van der Waals surface area contributed by atoms with Crippen LogP contribution < -0.4 is 11.2 Å². The lowest BCUT2D eigenvalue weighted by Gasteiger charge is -2.27. The van der Waals surface area contributed by atoms with E-state index in [0.29, 0.717) is 11.7 Å². The fourth-order valence-electron chi connectivity index (χ4n) is 2.59. The number of hydrazine groups is 1. The predicted octanol–water partition coefficient (Wildman–Crippen LogP) is 3.55. The van der Waals surface area contributed by atoms with Crippen LogP contribution in [-0.2, 0) is 6.54 Å². The van der Waals surface area contributed by atoms with Crippen LogP contribution in [0.15, 0.2) is 66.9 Å². The number of hydrogen-bond donors (Lipinski definition) is 2. The quantitative estimate of drug-likeness (QED) is 0.551. The van der Waals surface area contributed by atoms with Gasteiger partial charge in [-0.2, -0.15) is 0 Å². The number of thiocarbonyl (C=S) groups is 1. The van der Waals surface area contributed by atoms with Crippen LogP contribution in [0.25, 0.3) is 10.8 Å².